The van der Waals surface area contributed by atoms with Gasteiger partial charge in [0.2, 0.25) is 11.8 Å². The second kappa shape index (κ2) is 7.60. The highest BCUT2D eigenvalue weighted by atomic mass is 16.5. The minimum absolute atomic E-state index is 0.354. The molecular formula is C21H26N2O3. The van der Waals surface area contributed by atoms with Gasteiger partial charge >= 0.3 is 0 Å². The molecule has 0 aromatic heterocycles. The Morgan fingerprint density at radius 3 is 2.08 bits per heavy atom. The van der Waals surface area contributed by atoms with Gasteiger partial charge in [-0.05, 0) is 57.9 Å². The standard InChI is InChI=1S/C21H26N2O3/c1-13-10-14(2)18(15(3)11-13)23-20(25)21(4,5)19(24)22-16-8-7-9-17(12-16)26-6/h7-12H,1-6H3,(H,22,24)(H,23,25). The van der Waals surface area contributed by atoms with Crippen LogP contribution >= 0.6 is 0 Å². The van der Waals surface area contributed by atoms with Crippen molar-refractivity contribution in [3.05, 3.63) is 53.1 Å². The summed E-state index contributed by atoms with van der Waals surface area (Å²) in [6, 6.07) is 11.0. The lowest BCUT2D eigenvalue weighted by atomic mass is 9.90. The number of benzene rings is 2. The van der Waals surface area contributed by atoms with Gasteiger partial charge in [0.1, 0.15) is 11.2 Å². The van der Waals surface area contributed by atoms with Crippen LogP contribution in [0.3, 0.4) is 0 Å². The Morgan fingerprint density at radius 1 is 0.923 bits per heavy atom. The molecule has 0 unspecified atom stereocenters. The first-order valence-electron chi connectivity index (χ1n) is 8.50. The maximum Gasteiger partial charge on any atom is 0.239 e. The van der Waals surface area contributed by atoms with E-state index in [9.17, 15) is 9.59 Å². The molecule has 0 saturated heterocycles. The van der Waals surface area contributed by atoms with Gasteiger partial charge in [-0.25, -0.2) is 0 Å². The Labute approximate surface area is 154 Å². The number of methoxy groups -OCH3 is 1. The van der Waals surface area contributed by atoms with E-state index in [1.807, 2.05) is 32.9 Å². The number of ether oxygens (including phenoxy) is 1. The number of aryl methyl sites for hydroxylation is 3. The lowest BCUT2D eigenvalue weighted by Crippen LogP contribution is -2.41. The van der Waals surface area contributed by atoms with Gasteiger partial charge in [0.05, 0.1) is 7.11 Å². The van der Waals surface area contributed by atoms with Crippen molar-refractivity contribution in [3.8, 4) is 5.75 Å². The van der Waals surface area contributed by atoms with Crippen LogP contribution in [0.15, 0.2) is 36.4 Å². The van der Waals surface area contributed by atoms with Gasteiger partial charge in [0, 0.05) is 17.4 Å². The van der Waals surface area contributed by atoms with Gasteiger partial charge in [-0.2, -0.15) is 0 Å². The van der Waals surface area contributed by atoms with Gasteiger partial charge in [0.25, 0.3) is 0 Å². The maximum atomic E-state index is 12.8. The Balaban J connectivity index is 2.17. The van der Waals surface area contributed by atoms with Crippen LogP contribution in [-0.4, -0.2) is 18.9 Å². The largest absolute Gasteiger partial charge is 0.497 e. The van der Waals surface area contributed by atoms with E-state index in [1.54, 1.807) is 45.2 Å². The van der Waals surface area contributed by atoms with E-state index in [2.05, 4.69) is 10.6 Å². The zero-order chi connectivity index (χ0) is 19.5. The fraction of sp³-hybridized carbons (Fsp3) is 0.333. The number of anilines is 2. The third kappa shape index (κ3) is 4.23. The first kappa shape index (κ1) is 19.5. The predicted molar refractivity (Wildman–Crippen MR) is 105 cm³/mol. The molecule has 138 valence electrons. The smallest absolute Gasteiger partial charge is 0.239 e. The summed E-state index contributed by atoms with van der Waals surface area (Å²) in [5.41, 5.74) is 3.17. The Bertz CT molecular complexity index is 818. The summed E-state index contributed by atoms with van der Waals surface area (Å²) in [6.45, 7) is 9.11. The maximum absolute atomic E-state index is 12.8. The van der Waals surface area contributed by atoms with Crippen molar-refractivity contribution in [1.82, 2.24) is 0 Å². The second-order valence-electron chi connectivity index (χ2n) is 7.04. The predicted octanol–water partition coefficient (Wildman–Crippen LogP) is 4.22. The molecule has 2 aromatic rings. The van der Waals surface area contributed by atoms with E-state index >= 15 is 0 Å². The van der Waals surface area contributed by atoms with E-state index in [0.717, 1.165) is 22.4 Å². The van der Waals surface area contributed by atoms with Crippen LogP contribution in [0.5, 0.6) is 5.75 Å². The molecule has 0 bridgehead atoms. The summed E-state index contributed by atoms with van der Waals surface area (Å²) in [5, 5.41) is 5.69. The molecule has 0 aliphatic heterocycles. The van der Waals surface area contributed by atoms with E-state index in [-0.39, 0.29) is 11.8 Å². The fourth-order valence-corrected chi connectivity index (χ4v) is 2.74. The molecule has 0 radical (unpaired) electrons. The van der Waals surface area contributed by atoms with E-state index < -0.39 is 5.41 Å². The minimum atomic E-state index is -1.24. The fourth-order valence-electron chi connectivity index (χ4n) is 2.74. The molecule has 0 saturated carbocycles. The van der Waals surface area contributed by atoms with E-state index in [0.29, 0.717) is 11.4 Å². The molecule has 2 rings (SSSR count). The van der Waals surface area contributed by atoms with Crippen molar-refractivity contribution >= 4 is 23.2 Å². The Kier molecular flexibility index (Phi) is 5.70. The summed E-state index contributed by atoms with van der Waals surface area (Å²) in [4.78, 5) is 25.5. The lowest BCUT2D eigenvalue weighted by Gasteiger charge is -2.24. The summed E-state index contributed by atoms with van der Waals surface area (Å²) in [6.07, 6.45) is 0. The molecule has 0 spiro atoms. The highest BCUT2D eigenvalue weighted by Crippen LogP contribution is 2.27. The summed E-state index contributed by atoms with van der Waals surface area (Å²) < 4.78 is 5.15. The zero-order valence-corrected chi connectivity index (χ0v) is 16.2. The molecule has 0 aliphatic carbocycles. The van der Waals surface area contributed by atoms with Crippen molar-refractivity contribution in [2.75, 3.05) is 17.7 Å². The van der Waals surface area contributed by atoms with Crippen molar-refractivity contribution in [2.24, 2.45) is 5.41 Å². The molecule has 0 atom stereocenters. The number of carbonyl (C=O) groups is 2. The van der Waals surface area contributed by atoms with E-state index in [4.69, 9.17) is 4.74 Å². The van der Waals surface area contributed by atoms with Gasteiger partial charge in [-0.15, -0.1) is 0 Å². The Morgan fingerprint density at radius 2 is 1.50 bits per heavy atom. The van der Waals surface area contributed by atoms with Crippen LogP contribution in [0, 0.1) is 26.2 Å². The third-order valence-corrected chi connectivity index (χ3v) is 4.38. The van der Waals surface area contributed by atoms with Crippen LogP contribution in [0.1, 0.15) is 30.5 Å². The van der Waals surface area contributed by atoms with Gasteiger partial charge < -0.3 is 15.4 Å². The van der Waals surface area contributed by atoms with Crippen molar-refractivity contribution in [1.29, 1.82) is 0 Å². The van der Waals surface area contributed by atoms with Crippen molar-refractivity contribution in [2.45, 2.75) is 34.6 Å². The Hall–Kier alpha value is -2.82. The van der Waals surface area contributed by atoms with Gasteiger partial charge in [-0.3, -0.25) is 9.59 Å². The molecule has 26 heavy (non-hydrogen) atoms. The summed E-state index contributed by atoms with van der Waals surface area (Å²) in [7, 11) is 1.56. The van der Waals surface area contributed by atoms with Crippen LogP contribution in [0.2, 0.25) is 0 Å². The average molecular weight is 354 g/mol. The highest BCUT2D eigenvalue weighted by molar-refractivity contribution is 6.14. The quantitative estimate of drug-likeness (QED) is 0.790. The molecule has 0 aliphatic rings. The van der Waals surface area contributed by atoms with Crippen LogP contribution < -0.4 is 15.4 Å². The molecule has 0 fully saturated rings. The normalized spacial score (nSPS) is 11.0. The highest BCUT2D eigenvalue weighted by Gasteiger charge is 2.36. The van der Waals surface area contributed by atoms with Crippen molar-refractivity contribution in [3.63, 3.8) is 0 Å². The summed E-state index contributed by atoms with van der Waals surface area (Å²) in [5.74, 6) is -0.102. The van der Waals surface area contributed by atoms with Crippen LogP contribution in [0.25, 0.3) is 0 Å². The topological polar surface area (TPSA) is 67.4 Å². The monoisotopic (exact) mass is 354 g/mol. The van der Waals surface area contributed by atoms with Gasteiger partial charge in [0.15, 0.2) is 0 Å². The number of nitrogens with one attached hydrogen (secondary N) is 2. The van der Waals surface area contributed by atoms with Crippen LogP contribution in [0.4, 0.5) is 11.4 Å². The molecule has 2 aromatic carbocycles. The number of amides is 2. The first-order valence-corrected chi connectivity index (χ1v) is 8.50. The zero-order valence-electron chi connectivity index (χ0n) is 16.2. The number of carbonyl (C=O) groups excluding carboxylic acids is 2. The number of hydrogen-bond acceptors (Lipinski definition) is 3. The molecule has 2 amide bonds. The average Bonchev–Trinajstić information content (AvgIpc) is 2.57. The number of rotatable bonds is 5. The molecule has 2 N–H and O–H groups in total. The number of hydrogen-bond donors (Lipinski definition) is 2. The minimum Gasteiger partial charge on any atom is -0.497 e. The third-order valence-electron chi connectivity index (χ3n) is 4.38. The lowest BCUT2D eigenvalue weighted by molar-refractivity contribution is -0.135. The molecule has 0 heterocycles. The molecule has 5 nitrogen and oxygen atoms in total. The second-order valence-corrected chi connectivity index (χ2v) is 7.04. The molecule has 5 heteroatoms. The molecular weight excluding hydrogens is 328 g/mol. The SMILES string of the molecule is COc1cccc(NC(=O)C(C)(C)C(=O)Nc2c(C)cc(C)cc2C)c1. The van der Waals surface area contributed by atoms with E-state index in [1.165, 1.54) is 0 Å². The van der Waals surface area contributed by atoms with Crippen molar-refractivity contribution < 1.29 is 14.3 Å². The summed E-state index contributed by atoms with van der Waals surface area (Å²) >= 11 is 0. The van der Waals surface area contributed by atoms with Crippen LogP contribution in [-0.2, 0) is 9.59 Å². The van der Waals surface area contributed by atoms with Gasteiger partial charge in [-0.1, -0.05) is 23.8 Å². The first-order chi connectivity index (χ1) is 12.1.